The smallest absolute Gasteiger partial charge is 0.354 e. The number of hydrogen-bond acceptors (Lipinski definition) is 6. The molecule has 0 saturated carbocycles. The molecular weight excluding hydrogens is 362 g/mol. The van der Waals surface area contributed by atoms with Gasteiger partial charge in [0, 0.05) is 17.2 Å². The van der Waals surface area contributed by atoms with E-state index in [0.717, 1.165) is 6.07 Å². The second-order valence-corrected chi connectivity index (χ2v) is 5.68. The highest BCUT2D eigenvalue weighted by molar-refractivity contribution is 6.33. The van der Waals surface area contributed by atoms with Gasteiger partial charge in [0.25, 0.3) is 0 Å². The van der Waals surface area contributed by atoms with Crippen molar-refractivity contribution in [2.24, 2.45) is 5.18 Å². The predicted molar refractivity (Wildman–Crippen MR) is 95.1 cm³/mol. The number of aromatic carboxylic acids is 1. The molecule has 0 atom stereocenters. The lowest BCUT2D eigenvalue weighted by molar-refractivity contribution is 0.0691. The number of nitrogens with zero attached hydrogens (tertiary/aromatic N) is 2. The zero-order valence-electron chi connectivity index (χ0n) is 13.4. The van der Waals surface area contributed by atoms with Gasteiger partial charge in [-0.1, -0.05) is 23.7 Å². The first kappa shape index (κ1) is 17.4. The highest BCUT2D eigenvalue weighted by Crippen LogP contribution is 2.42. The Morgan fingerprint density at radius 2 is 1.96 bits per heavy atom. The van der Waals surface area contributed by atoms with Crippen LogP contribution in [0, 0.1) is 4.91 Å². The predicted octanol–water partition coefficient (Wildman–Crippen LogP) is 4.21. The first-order valence-electron chi connectivity index (χ1n) is 7.28. The number of methoxy groups -OCH3 is 1. The number of aromatic amines is 1. The van der Waals surface area contributed by atoms with E-state index in [1.807, 2.05) is 0 Å². The molecule has 0 spiro atoms. The maximum Gasteiger partial charge on any atom is 0.354 e. The summed E-state index contributed by atoms with van der Waals surface area (Å²) in [4.78, 5) is 22.3. The van der Waals surface area contributed by atoms with Gasteiger partial charge in [-0.3, -0.25) is 5.10 Å². The van der Waals surface area contributed by atoms with Crippen LogP contribution in [0.15, 0.2) is 41.6 Å². The van der Waals surface area contributed by atoms with E-state index in [-0.39, 0.29) is 39.0 Å². The molecule has 1 heterocycles. The van der Waals surface area contributed by atoms with Crippen LogP contribution in [0.3, 0.4) is 0 Å². The summed E-state index contributed by atoms with van der Waals surface area (Å²) in [6, 6.07) is 9.08. The number of aromatic nitrogens is 2. The van der Waals surface area contributed by atoms with Gasteiger partial charge >= 0.3 is 5.97 Å². The number of aromatic hydroxyl groups is 1. The molecule has 0 aliphatic rings. The average molecular weight is 374 g/mol. The van der Waals surface area contributed by atoms with Crippen molar-refractivity contribution in [1.82, 2.24) is 10.2 Å². The molecule has 0 aliphatic heterocycles. The molecule has 9 heteroatoms. The maximum atomic E-state index is 11.6. The average Bonchev–Trinajstić information content (AvgIpc) is 3.08. The number of phenolic OH excluding ortho intramolecular Hbond substituents is 1. The van der Waals surface area contributed by atoms with E-state index >= 15 is 0 Å². The molecule has 2 aromatic carbocycles. The van der Waals surface area contributed by atoms with Gasteiger partial charge in [-0.05, 0) is 28.9 Å². The third-order valence-electron chi connectivity index (χ3n) is 3.78. The molecule has 0 unspecified atom stereocenters. The zero-order valence-corrected chi connectivity index (χ0v) is 14.1. The van der Waals surface area contributed by atoms with Crippen molar-refractivity contribution >= 4 is 23.3 Å². The largest absolute Gasteiger partial charge is 0.507 e. The summed E-state index contributed by atoms with van der Waals surface area (Å²) in [5.74, 6) is -0.920. The standard InChI is InChI=1S/C17H12ClN3O5/c1-26-9-4-2-8(3-5-9)14-15(19-20-16(14)17(23)24)10-6-11(18)12(21-25)7-13(10)22/h2-7,22H,1H3,(H,19,20)(H,23,24). The second kappa shape index (κ2) is 6.85. The van der Waals surface area contributed by atoms with E-state index in [9.17, 15) is 19.9 Å². The SMILES string of the molecule is COc1ccc(-c2c(-c3cc(Cl)c(N=O)cc3O)n[nH]c2C(=O)O)cc1. The Morgan fingerprint density at radius 1 is 1.27 bits per heavy atom. The van der Waals surface area contributed by atoms with Crippen LogP contribution in [-0.4, -0.2) is 33.5 Å². The fraction of sp³-hybridized carbons (Fsp3) is 0.0588. The van der Waals surface area contributed by atoms with E-state index in [4.69, 9.17) is 16.3 Å². The minimum absolute atomic E-state index is 0.00774. The molecule has 0 radical (unpaired) electrons. The number of benzene rings is 2. The van der Waals surface area contributed by atoms with Crippen molar-refractivity contribution < 1.29 is 19.7 Å². The number of hydrogen-bond donors (Lipinski definition) is 3. The Balaban J connectivity index is 2.25. The first-order chi connectivity index (χ1) is 12.5. The fourth-order valence-electron chi connectivity index (χ4n) is 2.54. The van der Waals surface area contributed by atoms with Gasteiger partial charge in [0.05, 0.1) is 12.1 Å². The Kier molecular flexibility index (Phi) is 4.59. The van der Waals surface area contributed by atoms with Crippen LogP contribution in [0.1, 0.15) is 10.5 Å². The van der Waals surface area contributed by atoms with Gasteiger partial charge < -0.3 is 14.9 Å². The molecule has 0 bridgehead atoms. The normalized spacial score (nSPS) is 10.5. The summed E-state index contributed by atoms with van der Waals surface area (Å²) in [5.41, 5.74) is 0.853. The van der Waals surface area contributed by atoms with Gasteiger partial charge in [-0.25, -0.2) is 4.79 Å². The molecule has 8 nitrogen and oxygen atoms in total. The Labute approximate surface area is 152 Å². The number of phenols is 1. The number of H-pyrrole nitrogens is 1. The monoisotopic (exact) mass is 373 g/mol. The molecule has 1 aromatic heterocycles. The van der Waals surface area contributed by atoms with Gasteiger partial charge in [0.15, 0.2) is 5.69 Å². The lowest BCUT2D eigenvalue weighted by atomic mass is 9.98. The van der Waals surface area contributed by atoms with Crippen LogP contribution >= 0.6 is 11.6 Å². The second-order valence-electron chi connectivity index (χ2n) is 5.27. The molecule has 0 amide bonds. The molecule has 0 saturated heterocycles. The summed E-state index contributed by atoms with van der Waals surface area (Å²) in [5, 5.41) is 28.9. The van der Waals surface area contributed by atoms with E-state index in [2.05, 4.69) is 15.4 Å². The van der Waals surface area contributed by atoms with E-state index in [1.54, 1.807) is 24.3 Å². The quantitative estimate of drug-likeness (QED) is 0.575. The Hall–Kier alpha value is -3.39. The number of nitrogens with one attached hydrogen (secondary N) is 1. The zero-order chi connectivity index (χ0) is 18.8. The number of rotatable bonds is 5. The van der Waals surface area contributed by atoms with Crippen LogP contribution in [0.5, 0.6) is 11.5 Å². The highest BCUT2D eigenvalue weighted by atomic mass is 35.5. The molecule has 26 heavy (non-hydrogen) atoms. The lowest BCUT2D eigenvalue weighted by Gasteiger charge is -2.08. The molecular formula is C17H12ClN3O5. The molecule has 3 N–H and O–H groups in total. The van der Waals surface area contributed by atoms with Crippen molar-refractivity contribution in [2.45, 2.75) is 0 Å². The summed E-state index contributed by atoms with van der Waals surface area (Å²) in [6.07, 6.45) is 0. The molecule has 0 aliphatic carbocycles. The third kappa shape index (κ3) is 2.98. The number of halogens is 1. The minimum atomic E-state index is -1.22. The summed E-state index contributed by atoms with van der Waals surface area (Å²) >= 11 is 5.98. The summed E-state index contributed by atoms with van der Waals surface area (Å²) < 4.78 is 5.10. The summed E-state index contributed by atoms with van der Waals surface area (Å²) in [6.45, 7) is 0. The van der Waals surface area contributed by atoms with Gasteiger partial charge in [-0.2, -0.15) is 5.10 Å². The van der Waals surface area contributed by atoms with Crippen molar-refractivity contribution in [3.8, 4) is 33.9 Å². The van der Waals surface area contributed by atoms with Gasteiger partial charge in [0.1, 0.15) is 22.9 Å². The maximum absolute atomic E-state index is 11.6. The number of ether oxygens (including phenoxy) is 1. The molecule has 0 fully saturated rings. The van der Waals surface area contributed by atoms with Gasteiger partial charge in [-0.15, -0.1) is 4.91 Å². The topological polar surface area (TPSA) is 125 Å². The number of carbonyl (C=O) groups is 1. The van der Waals surface area contributed by atoms with E-state index in [0.29, 0.717) is 11.3 Å². The van der Waals surface area contributed by atoms with Crippen LogP contribution < -0.4 is 4.74 Å². The van der Waals surface area contributed by atoms with Crippen molar-refractivity contribution in [3.05, 3.63) is 52.0 Å². The van der Waals surface area contributed by atoms with Crippen LogP contribution in [0.2, 0.25) is 5.02 Å². The van der Waals surface area contributed by atoms with Crippen LogP contribution in [0.25, 0.3) is 22.4 Å². The first-order valence-corrected chi connectivity index (χ1v) is 7.66. The van der Waals surface area contributed by atoms with E-state index in [1.165, 1.54) is 13.2 Å². The molecule has 132 valence electrons. The molecule has 3 aromatic rings. The Bertz CT molecular complexity index is 998. The summed E-state index contributed by atoms with van der Waals surface area (Å²) in [7, 11) is 1.52. The fourth-order valence-corrected chi connectivity index (χ4v) is 2.74. The molecule has 3 rings (SSSR count). The van der Waals surface area contributed by atoms with E-state index < -0.39 is 5.97 Å². The number of carboxylic acid groups (broad SMARTS) is 1. The number of carboxylic acids is 1. The minimum Gasteiger partial charge on any atom is -0.507 e. The van der Waals surface area contributed by atoms with Crippen molar-refractivity contribution in [3.63, 3.8) is 0 Å². The van der Waals surface area contributed by atoms with Crippen molar-refractivity contribution in [2.75, 3.05) is 7.11 Å². The van der Waals surface area contributed by atoms with Crippen molar-refractivity contribution in [1.29, 1.82) is 0 Å². The van der Waals surface area contributed by atoms with Gasteiger partial charge in [0.2, 0.25) is 0 Å². The number of nitroso groups, excluding NO2 is 1. The van der Waals surface area contributed by atoms with Crippen LogP contribution in [0.4, 0.5) is 5.69 Å². The highest BCUT2D eigenvalue weighted by Gasteiger charge is 2.24. The lowest BCUT2D eigenvalue weighted by Crippen LogP contribution is -1.99. The van der Waals surface area contributed by atoms with Crippen LogP contribution in [-0.2, 0) is 0 Å². The third-order valence-corrected chi connectivity index (χ3v) is 4.08. The Morgan fingerprint density at radius 3 is 2.54 bits per heavy atom.